The van der Waals surface area contributed by atoms with Gasteiger partial charge in [-0.15, -0.1) is 0 Å². The molecule has 1 aliphatic heterocycles. The summed E-state index contributed by atoms with van der Waals surface area (Å²) in [6.45, 7) is 5.93. The van der Waals surface area contributed by atoms with Gasteiger partial charge in [0.15, 0.2) is 5.78 Å². The topological polar surface area (TPSA) is 29.5 Å². The van der Waals surface area contributed by atoms with Crippen molar-refractivity contribution in [3.05, 3.63) is 29.8 Å². The van der Waals surface area contributed by atoms with Crippen molar-refractivity contribution in [2.75, 3.05) is 26.0 Å². The highest BCUT2D eigenvalue weighted by Crippen LogP contribution is 2.24. The molecule has 104 valence electrons. The number of ether oxygens (including phenoxy) is 1. The number of hydrogen-bond donors (Lipinski definition) is 0. The molecule has 0 amide bonds. The average Bonchev–Trinajstić information content (AvgIpc) is 2.44. The first-order valence-corrected chi connectivity index (χ1v) is 7.69. The summed E-state index contributed by atoms with van der Waals surface area (Å²) in [6, 6.07) is 7.85. The van der Waals surface area contributed by atoms with Gasteiger partial charge < -0.3 is 4.74 Å². The van der Waals surface area contributed by atoms with E-state index in [1.54, 1.807) is 7.11 Å². The fourth-order valence-corrected chi connectivity index (χ4v) is 3.45. The Morgan fingerprint density at radius 2 is 2.26 bits per heavy atom. The van der Waals surface area contributed by atoms with Crippen LogP contribution in [0, 0.1) is 0 Å². The van der Waals surface area contributed by atoms with Crippen molar-refractivity contribution < 1.29 is 9.53 Å². The predicted molar refractivity (Wildman–Crippen MR) is 80.3 cm³/mol. The summed E-state index contributed by atoms with van der Waals surface area (Å²) in [5.41, 5.74) is 0.734. The molecule has 0 aliphatic carbocycles. The van der Waals surface area contributed by atoms with E-state index in [0.717, 1.165) is 23.6 Å². The second-order valence-electron chi connectivity index (χ2n) is 4.94. The number of benzene rings is 1. The summed E-state index contributed by atoms with van der Waals surface area (Å²) in [6.07, 6.45) is 0. The van der Waals surface area contributed by atoms with Crippen LogP contribution < -0.4 is 4.74 Å². The van der Waals surface area contributed by atoms with Crippen LogP contribution in [0.3, 0.4) is 0 Å². The maximum absolute atomic E-state index is 12.3. The molecule has 0 bridgehead atoms. The number of rotatable bonds is 4. The Bertz CT molecular complexity index is 450. The lowest BCUT2D eigenvalue weighted by atomic mass is 10.1. The first-order valence-electron chi connectivity index (χ1n) is 6.64. The van der Waals surface area contributed by atoms with E-state index in [4.69, 9.17) is 4.74 Å². The summed E-state index contributed by atoms with van der Waals surface area (Å²) in [7, 11) is 1.62. The van der Waals surface area contributed by atoms with Gasteiger partial charge in [0.25, 0.3) is 0 Å². The van der Waals surface area contributed by atoms with Gasteiger partial charge >= 0.3 is 0 Å². The molecule has 0 N–H and O–H groups in total. The first-order chi connectivity index (χ1) is 9.11. The van der Waals surface area contributed by atoms with E-state index >= 15 is 0 Å². The molecule has 1 aromatic rings. The van der Waals surface area contributed by atoms with Crippen molar-refractivity contribution in [2.24, 2.45) is 0 Å². The Kier molecular flexibility index (Phi) is 4.88. The van der Waals surface area contributed by atoms with E-state index in [-0.39, 0.29) is 5.78 Å². The number of nitrogens with zero attached hydrogens (tertiary/aromatic N) is 1. The fraction of sp³-hybridized carbons (Fsp3) is 0.533. The highest BCUT2D eigenvalue weighted by Gasteiger charge is 2.26. The maximum atomic E-state index is 12.3. The minimum absolute atomic E-state index is 0.171. The highest BCUT2D eigenvalue weighted by atomic mass is 32.2. The highest BCUT2D eigenvalue weighted by molar-refractivity contribution is 8.00. The summed E-state index contributed by atoms with van der Waals surface area (Å²) >= 11 is 1.99. The molecule has 0 radical (unpaired) electrons. The third-order valence-corrected chi connectivity index (χ3v) is 5.09. The third kappa shape index (κ3) is 3.51. The van der Waals surface area contributed by atoms with Crippen LogP contribution >= 0.6 is 11.8 Å². The Balaban J connectivity index is 2.03. The van der Waals surface area contributed by atoms with Gasteiger partial charge in [0, 0.05) is 29.2 Å². The molecule has 2 unspecified atom stereocenters. The normalized spacial score (nSPS) is 24.2. The quantitative estimate of drug-likeness (QED) is 0.793. The van der Waals surface area contributed by atoms with Crippen molar-refractivity contribution >= 4 is 17.5 Å². The molecule has 4 heteroatoms. The van der Waals surface area contributed by atoms with Crippen LogP contribution in [0.15, 0.2) is 24.3 Å². The number of hydrogen-bond acceptors (Lipinski definition) is 4. The Morgan fingerprint density at radius 1 is 1.47 bits per heavy atom. The van der Waals surface area contributed by atoms with Gasteiger partial charge in [-0.25, -0.2) is 0 Å². The molecule has 0 saturated carbocycles. The third-order valence-electron chi connectivity index (χ3n) is 3.75. The van der Waals surface area contributed by atoms with E-state index in [9.17, 15) is 4.79 Å². The van der Waals surface area contributed by atoms with Crippen LogP contribution in [-0.2, 0) is 0 Å². The largest absolute Gasteiger partial charge is 0.497 e. The second kappa shape index (κ2) is 6.44. The van der Waals surface area contributed by atoms with Gasteiger partial charge in [0.2, 0.25) is 0 Å². The van der Waals surface area contributed by atoms with E-state index in [1.807, 2.05) is 36.0 Å². The molecular weight excluding hydrogens is 258 g/mol. The first kappa shape index (κ1) is 14.4. The van der Waals surface area contributed by atoms with Gasteiger partial charge in [-0.1, -0.05) is 19.1 Å². The minimum atomic E-state index is 0.171. The number of methoxy groups -OCH3 is 1. The fourth-order valence-electron chi connectivity index (χ4n) is 2.29. The predicted octanol–water partition coefficient (Wildman–Crippen LogP) is 2.70. The molecule has 2 rings (SSSR count). The molecule has 1 fully saturated rings. The number of ketones is 1. The molecular formula is C15H21NO2S. The molecule has 1 aromatic carbocycles. The van der Waals surface area contributed by atoms with Gasteiger partial charge in [0.1, 0.15) is 5.75 Å². The standard InChI is InChI=1S/C15H21NO2S/c1-11-12(2)19-8-7-16(11)10-15(17)13-5-4-6-14(9-13)18-3/h4-6,9,11-12H,7-8,10H2,1-3H3. The van der Waals surface area contributed by atoms with Crippen LogP contribution in [0.4, 0.5) is 0 Å². The molecule has 1 aliphatic rings. The minimum Gasteiger partial charge on any atom is -0.497 e. The van der Waals surface area contributed by atoms with Crippen LogP contribution in [0.5, 0.6) is 5.75 Å². The zero-order valence-electron chi connectivity index (χ0n) is 11.8. The lowest BCUT2D eigenvalue weighted by molar-refractivity contribution is 0.0901. The number of carbonyl (C=O) groups is 1. The molecule has 0 spiro atoms. The van der Waals surface area contributed by atoms with Crippen LogP contribution in [0.1, 0.15) is 24.2 Å². The lowest BCUT2D eigenvalue weighted by Gasteiger charge is -2.36. The second-order valence-corrected chi connectivity index (χ2v) is 6.43. The SMILES string of the molecule is COc1cccc(C(=O)CN2CCSC(C)C2C)c1. The van der Waals surface area contributed by atoms with Crippen molar-refractivity contribution in [2.45, 2.75) is 25.1 Å². The molecule has 1 heterocycles. The van der Waals surface area contributed by atoms with Crippen molar-refractivity contribution in [1.29, 1.82) is 0 Å². The van der Waals surface area contributed by atoms with E-state index in [1.165, 1.54) is 0 Å². The number of Topliss-reactive ketones (excluding diaryl/α,β-unsaturated/α-hetero) is 1. The van der Waals surface area contributed by atoms with E-state index in [0.29, 0.717) is 17.8 Å². The number of thioether (sulfide) groups is 1. The smallest absolute Gasteiger partial charge is 0.176 e. The summed E-state index contributed by atoms with van der Waals surface area (Å²) in [5.74, 6) is 2.02. The monoisotopic (exact) mass is 279 g/mol. The molecule has 1 saturated heterocycles. The molecule has 0 aromatic heterocycles. The van der Waals surface area contributed by atoms with Crippen molar-refractivity contribution in [1.82, 2.24) is 4.90 Å². The zero-order valence-corrected chi connectivity index (χ0v) is 12.6. The lowest BCUT2D eigenvalue weighted by Crippen LogP contribution is -2.46. The molecule has 2 atom stereocenters. The molecule has 3 nitrogen and oxygen atoms in total. The number of carbonyl (C=O) groups excluding carboxylic acids is 1. The van der Waals surface area contributed by atoms with Gasteiger partial charge in [-0.05, 0) is 19.1 Å². The summed E-state index contributed by atoms with van der Waals surface area (Å²) < 4.78 is 5.16. The maximum Gasteiger partial charge on any atom is 0.176 e. The summed E-state index contributed by atoms with van der Waals surface area (Å²) in [4.78, 5) is 14.6. The Labute approximate surface area is 119 Å². The van der Waals surface area contributed by atoms with Gasteiger partial charge in [0.05, 0.1) is 13.7 Å². The Hall–Kier alpha value is -1.00. The van der Waals surface area contributed by atoms with Gasteiger partial charge in [-0.2, -0.15) is 11.8 Å². The van der Waals surface area contributed by atoms with Crippen molar-refractivity contribution in [3.8, 4) is 5.75 Å². The zero-order chi connectivity index (χ0) is 13.8. The van der Waals surface area contributed by atoms with Crippen LogP contribution in [0.25, 0.3) is 0 Å². The van der Waals surface area contributed by atoms with E-state index in [2.05, 4.69) is 18.7 Å². The van der Waals surface area contributed by atoms with Gasteiger partial charge in [-0.3, -0.25) is 9.69 Å². The average molecular weight is 279 g/mol. The van der Waals surface area contributed by atoms with E-state index < -0.39 is 0 Å². The van der Waals surface area contributed by atoms with Crippen molar-refractivity contribution in [3.63, 3.8) is 0 Å². The Morgan fingerprint density at radius 3 is 3.00 bits per heavy atom. The van der Waals surface area contributed by atoms with Crippen LogP contribution in [0.2, 0.25) is 0 Å². The summed E-state index contributed by atoms with van der Waals surface area (Å²) in [5, 5.41) is 0.590. The molecule has 19 heavy (non-hydrogen) atoms. The van der Waals surface area contributed by atoms with Crippen LogP contribution in [-0.4, -0.2) is 47.9 Å².